The lowest BCUT2D eigenvalue weighted by atomic mass is 9.55. The molecule has 2 aromatic rings. The normalized spacial score (nSPS) is 32.1. The van der Waals surface area contributed by atoms with Crippen LogP contribution in [-0.2, 0) is 28.8 Å². The molecule has 2 amide bonds. The third-order valence-electron chi connectivity index (χ3n) is 13.2. The fraction of sp³-hybridized carbons (Fsp3) is 0.349. The van der Waals surface area contributed by atoms with Gasteiger partial charge < -0.3 is 62.5 Å². The first kappa shape index (κ1) is 45.6. The van der Waals surface area contributed by atoms with Gasteiger partial charge in [-0.2, -0.15) is 0 Å². The van der Waals surface area contributed by atoms with Crippen LogP contribution in [0.3, 0.4) is 0 Å². The Morgan fingerprint density at radius 1 is 0.734 bits per heavy atom. The number of amides is 2. The van der Waals surface area contributed by atoms with Gasteiger partial charge in [-0.15, -0.1) is 0 Å². The molecular formula is C43H43ClN4O16. The van der Waals surface area contributed by atoms with Crippen LogP contribution in [0.15, 0.2) is 70.7 Å². The number of nitrogens with two attached hydrogens (primary N) is 2. The average Bonchev–Trinajstić information content (AvgIpc) is 3.20. The van der Waals surface area contributed by atoms with E-state index < -0.39 is 145 Å². The summed E-state index contributed by atoms with van der Waals surface area (Å²) in [5.41, 5.74) is 2.01. The quantitative estimate of drug-likeness (QED) is 0.172. The van der Waals surface area contributed by atoms with Crippen molar-refractivity contribution < 1.29 is 79.8 Å². The highest BCUT2D eigenvalue weighted by atomic mass is 35.5. The van der Waals surface area contributed by atoms with Crippen LogP contribution in [0.25, 0.3) is 17.1 Å². The maximum absolute atomic E-state index is 13.6. The molecule has 8 rings (SSSR count). The van der Waals surface area contributed by atoms with Crippen molar-refractivity contribution in [3.63, 3.8) is 0 Å². The van der Waals surface area contributed by atoms with Crippen LogP contribution in [-0.4, -0.2) is 153 Å². The van der Waals surface area contributed by atoms with Gasteiger partial charge in [0.1, 0.15) is 45.7 Å². The SMILES string of the molecule is C=C1c2cccc(O)c2C(O)=C2C(=O)[C@]3(O)C(O)=C(C(N)=O)C(=O)[C@@H](N(C)C)[C@@H]3[C@@H](O)[C@H]12.CN(C)[C@@H]1C(=O)C(C(N)=O)=C(O)[C@@]2(O)C(=O)C3=C(O)c4c(O)ccc(Cl)c4[C@@H](O)[C@H]3C[C@@H]12. The second kappa shape index (κ2) is 15.1. The molecule has 2 aromatic carbocycles. The number of aliphatic hydroxyl groups excluding tert-OH is 6. The zero-order valence-electron chi connectivity index (χ0n) is 34.3. The van der Waals surface area contributed by atoms with Crippen LogP contribution in [0.2, 0.25) is 5.02 Å². The lowest BCUT2D eigenvalue weighted by Gasteiger charge is -2.52. The molecule has 0 spiro atoms. The standard InChI is InChI=1S/C22H22N2O8.C21H21ClN2O8/c1-7-8-5-4-6-9(25)11(8)16(26)12-10(7)17(27)14-15(24(2)3)18(28)13(21(23)31)20(30)22(14,32)19(12)29;1-24(2)14-7-5-6-10(16(27)12-9(25)4-3-8(22)11(12)15(6)26)18(29)21(7,32)19(30)13(17(14)28)20(23)31/h4-6,10,14-15,17,25-27,30,32H,1H2,2-3H3,(H2,23,31);3-4,6-7,14-15,25-27,30,32H,5H2,1-2H3,(H2,23,31)/t10-,14-,15+,17+,22+;6-,7-,14-,15-,21-/m10/s1. The Labute approximate surface area is 367 Å². The lowest BCUT2D eigenvalue weighted by Crippen LogP contribution is -2.70. The molecule has 14 N–H and O–H groups in total. The van der Waals surface area contributed by atoms with Crippen LogP contribution >= 0.6 is 11.6 Å². The van der Waals surface area contributed by atoms with Crippen LogP contribution in [0, 0.1) is 23.7 Å². The Balaban J connectivity index is 0.000000191. The van der Waals surface area contributed by atoms with E-state index in [0.29, 0.717) is 0 Å². The number of carbonyl (C=O) groups is 6. The van der Waals surface area contributed by atoms with Crippen LogP contribution in [0.5, 0.6) is 11.5 Å². The van der Waals surface area contributed by atoms with Gasteiger partial charge in [-0.3, -0.25) is 38.6 Å². The minimum Gasteiger partial charge on any atom is -0.508 e. The number of carbonyl (C=O) groups excluding carboxylic acids is 6. The summed E-state index contributed by atoms with van der Waals surface area (Å²) in [4.78, 5) is 79.6. The van der Waals surface area contributed by atoms with E-state index in [1.54, 1.807) is 0 Å². The first-order valence-corrected chi connectivity index (χ1v) is 19.8. The average molecular weight is 907 g/mol. The summed E-state index contributed by atoms with van der Waals surface area (Å²) in [6, 6.07) is 4.14. The number of ketones is 4. The largest absolute Gasteiger partial charge is 0.508 e. The van der Waals surface area contributed by atoms with E-state index >= 15 is 0 Å². The predicted octanol–water partition coefficient (Wildman–Crippen LogP) is -0.486. The van der Waals surface area contributed by atoms with Gasteiger partial charge in [-0.05, 0) is 63.9 Å². The molecule has 0 bridgehead atoms. The molecule has 0 aromatic heterocycles. The highest BCUT2D eigenvalue weighted by Crippen LogP contribution is 2.58. The number of phenols is 2. The molecule has 0 unspecified atom stereocenters. The molecule has 6 aliphatic carbocycles. The highest BCUT2D eigenvalue weighted by Gasteiger charge is 2.69. The van der Waals surface area contributed by atoms with Crippen LogP contribution in [0.4, 0.5) is 0 Å². The highest BCUT2D eigenvalue weighted by molar-refractivity contribution is 6.32. The summed E-state index contributed by atoms with van der Waals surface area (Å²) < 4.78 is 0. The Kier molecular flexibility index (Phi) is 10.8. The van der Waals surface area contributed by atoms with Crippen molar-refractivity contribution in [2.24, 2.45) is 35.1 Å². The number of rotatable bonds is 4. The molecule has 10 atom stereocenters. The van der Waals surface area contributed by atoms with E-state index in [1.807, 2.05) is 0 Å². The molecule has 0 aliphatic heterocycles. The number of aromatic hydroxyl groups is 2. The van der Waals surface area contributed by atoms with Crippen molar-refractivity contribution >= 4 is 63.6 Å². The second-order valence-corrected chi connectivity index (χ2v) is 17.3. The zero-order valence-corrected chi connectivity index (χ0v) is 35.0. The summed E-state index contributed by atoms with van der Waals surface area (Å²) in [6.07, 6.45) is -3.39. The molecule has 0 radical (unpaired) electrons. The van der Waals surface area contributed by atoms with Crippen LogP contribution < -0.4 is 11.5 Å². The van der Waals surface area contributed by atoms with Crippen molar-refractivity contribution in [3.05, 3.63) is 98.0 Å². The van der Waals surface area contributed by atoms with E-state index in [1.165, 1.54) is 68.3 Å². The summed E-state index contributed by atoms with van der Waals surface area (Å²) in [7, 11) is 5.84. The molecule has 2 fully saturated rings. The predicted molar refractivity (Wildman–Crippen MR) is 221 cm³/mol. The van der Waals surface area contributed by atoms with Gasteiger partial charge in [-0.25, -0.2) is 0 Å². The third kappa shape index (κ3) is 5.83. The number of primary amides is 2. The number of halogens is 1. The van der Waals surface area contributed by atoms with Gasteiger partial charge in [0.2, 0.25) is 11.6 Å². The number of nitrogens with zero attached hydrogens (tertiary/aromatic N) is 2. The Morgan fingerprint density at radius 2 is 1.23 bits per heavy atom. The van der Waals surface area contributed by atoms with Gasteiger partial charge in [0.15, 0.2) is 22.8 Å². The first-order chi connectivity index (χ1) is 29.7. The van der Waals surface area contributed by atoms with Crippen molar-refractivity contribution in [1.82, 2.24) is 9.80 Å². The van der Waals surface area contributed by atoms with Gasteiger partial charge >= 0.3 is 0 Å². The van der Waals surface area contributed by atoms with E-state index in [-0.39, 0.29) is 45.0 Å². The second-order valence-electron chi connectivity index (χ2n) is 16.9. The minimum atomic E-state index is -2.94. The first-order valence-electron chi connectivity index (χ1n) is 19.4. The van der Waals surface area contributed by atoms with Gasteiger partial charge in [-0.1, -0.05) is 30.3 Å². The number of Topliss-reactive ketones (excluding diaryl/α,β-unsaturated/α-hetero) is 4. The number of phenolic OH excluding ortho intramolecular Hbond substituents is 2. The van der Waals surface area contributed by atoms with Crippen molar-refractivity contribution in [2.45, 2.75) is 41.9 Å². The minimum absolute atomic E-state index is 0.00251. The number of fused-ring (bicyclic) bond motifs is 6. The Morgan fingerprint density at radius 3 is 1.78 bits per heavy atom. The van der Waals surface area contributed by atoms with Crippen molar-refractivity contribution in [1.29, 1.82) is 0 Å². The number of likely N-dealkylation sites (N-methyl/N-ethyl adjacent to an activating group) is 2. The summed E-state index contributed by atoms with van der Waals surface area (Å²) >= 11 is 6.19. The molecule has 338 valence electrons. The lowest BCUT2D eigenvalue weighted by molar-refractivity contribution is -0.166. The summed E-state index contributed by atoms with van der Waals surface area (Å²) in [5, 5.41) is 109. The fourth-order valence-electron chi connectivity index (χ4n) is 10.5. The van der Waals surface area contributed by atoms with Crippen LogP contribution in [0.1, 0.15) is 34.8 Å². The smallest absolute Gasteiger partial charge is 0.255 e. The topological polar surface area (TPSA) is 363 Å². The van der Waals surface area contributed by atoms with Gasteiger partial charge in [0, 0.05) is 33.9 Å². The number of hydrogen-bond donors (Lipinski definition) is 12. The fourth-order valence-corrected chi connectivity index (χ4v) is 10.7. The van der Waals surface area contributed by atoms with Crippen molar-refractivity contribution in [3.8, 4) is 11.5 Å². The van der Waals surface area contributed by atoms with E-state index in [0.717, 1.165) is 0 Å². The maximum atomic E-state index is 13.6. The van der Waals surface area contributed by atoms with E-state index in [9.17, 15) is 79.8 Å². The summed E-state index contributed by atoms with van der Waals surface area (Å²) in [6.45, 7) is 3.91. The van der Waals surface area contributed by atoms with E-state index in [4.69, 9.17) is 23.1 Å². The Bertz CT molecular complexity index is 2700. The molecule has 20 nitrogen and oxygen atoms in total. The Hall–Kier alpha value is -6.39. The molecule has 64 heavy (non-hydrogen) atoms. The molecular weight excluding hydrogens is 864 g/mol. The monoisotopic (exact) mass is 906 g/mol. The molecule has 2 saturated carbocycles. The third-order valence-corrected chi connectivity index (χ3v) is 13.6. The number of benzene rings is 2. The maximum Gasteiger partial charge on any atom is 0.255 e. The van der Waals surface area contributed by atoms with E-state index in [2.05, 4.69) is 6.58 Å². The number of aliphatic hydroxyl groups is 8. The molecule has 0 saturated heterocycles. The van der Waals surface area contributed by atoms with Gasteiger partial charge in [0.25, 0.3) is 11.8 Å². The molecule has 6 aliphatic rings. The van der Waals surface area contributed by atoms with Gasteiger partial charge in [0.05, 0.1) is 46.9 Å². The molecule has 0 heterocycles. The summed E-state index contributed by atoms with van der Waals surface area (Å²) in [5.74, 6) is -17.0. The van der Waals surface area contributed by atoms with Crippen molar-refractivity contribution in [2.75, 3.05) is 28.2 Å². The zero-order chi connectivity index (χ0) is 47.7. The number of hydrogen-bond acceptors (Lipinski definition) is 18. The molecule has 21 heteroatoms.